The number of thiazole rings is 1. The summed E-state index contributed by atoms with van der Waals surface area (Å²) in [4.78, 5) is 29.8. The van der Waals surface area contributed by atoms with Crippen LogP contribution in [-0.2, 0) is 4.79 Å². The third kappa shape index (κ3) is 6.06. The number of aromatic nitrogens is 1. The molecule has 0 aliphatic heterocycles. The van der Waals surface area contributed by atoms with Gasteiger partial charge in [0.25, 0.3) is 5.91 Å². The Morgan fingerprint density at radius 1 is 1.19 bits per heavy atom. The average Bonchev–Trinajstić information content (AvgIpc) is 3.29. The zero-order valence-electron chi connectivity index (χ0n) is 17.4. The molecule has 2 N–H and O–H groups in total. The van der Waals surface area contributed by atoms with E-state index in [0.717, 1.165) is 27.1 Å². The Labute approximate surface area is 190 Å². The van der Waals surface area contributed by atoms with Gasteiger partial charge in [0.15, 0.2) is 0 Å². The Balaban J connectivity index is 1.97. The van der Waals surface area contributed by atoms with Crippen molar-refractivity contribution in [1.29, 1.82) is 0 Å². The molecule has 1 atom stereocenters. The van der Waals surface area contributed by atoms with Gasteiger partial charge in [0.1, 0.15) is 6.04 Å². The maximum atomic E-state index is 13.1. The minimum Gasteiger partial charge on any atom is -0.480 e. The lowest BCUT2D eigenvalue weighted by atomic mass is 9.93. The smallest absolute Gasteiger partial charge is 0.326 e. The number of aliphatic carboxylic acids is 1. The standard InChI is InChI=1S/C24H24N2O3S2/c1-16-5-3-4-6-19(16)21-13-17(7-9-18-14-25-15-31-18)8-10-20(21)23(27)26-22(24(28)29)11-12-30-2/h3-10,13-15,22H,11-12H2,1-2H3,(H,26,27)(H,28,29)/b9-7+/t22-/m0/s1. The summed E-state index contributed by atoms with van der Waals surface area (Å²) in [6.07, 6.45) is 8.05. The molecule has 0 saturated heterocycles. The summed E-state index contributed by atoms with van der Waals surface area (Å²) in [5, 5.41) is 12.2. The number of rotatable bonds is 9. The van der Waals surface area contributed by atoms with Crippen molar-refractivity contribution < 1.29 is 14.7 Å². The number of benzene rings is 2. The van der Waals surface area contributed by atoms with Crippen LogP contribution in [0.4, 0.5) is 0 Å². The third-order valence-electron chi connectivity index (χ3n) is 4.83. The van der Waals surface area contributed by atoms with Gasteiger partial charge in [0.05, 0.1) is 5.51 Å². The van der Waals surface area contributed by atoms with Crippen LogP contribution in [0.2, 0.25) is 0 Å². The van der Waals surface area contributed by atoms with Crippen LogP contribution in [0.15, 0.2) is 54.2 Å². The summed E-state index contributed by atoms with van der Waals surface area (Å²) in [5.41, 5.74) is 5.94. The van der Waals surface area contributed by atoms with Gasteiger partial charge in [0.2, 0.25) is 0 Å². The maximum Gasteiger partial charge on any atom is 0.326 e. The third-order valence-corrected chi connectivity index (χ3v) is 6.21. The first-order chi connectivity index (χ1) is 15.0. The molecule has 0 saturated carbocycles. The molecular formula is C24H24N2O3S2. The second-order valence-corrected chi connectivity index (χ2v) is 8.91. The number of hydrogen-bond donors (Lipinski definition) is 2. The molecule has 1 aromatic heterocycles. The molecule has 3 rings (SSSR count). The highest BCUT2D eigenvalue weighted by Gasteiger charge is 2.22. The summed E-state index contributed by atoms with van der Waals surface area (Å²) in [6.45, 7) is 2.00. The SMILES string of the molecule is CSCC[C@H](NC(=O)c1ccc(/C=C/c2cncs2)cc1-c1ccccc1C)C(=O)O. The van der Waals surface area contributed by atoms with Gasteiger partial charge in [-0.1, -0.05) is 36.4 Å². The largest absolute Gasteiger partial charge is 0.480 e. The summed E-state index contributed by atoms with van der Waals surface area (Å²) in [5.74, 6) is -0.753. The molecule has 0 bridgehead atoms. The molecule has 160 valence electrons. The second-order valence-electron chi connectivity index (χ2n) is 7.00. The van der Waals surface area contributed by atoms with Crippen LogP contribution in [0.25, 0.3) is 23.3 Å². The van der Waals surface area contributed by atoms with E-state index in [9.17, 15) is 14.7 Å². The molecule has 0 spiro atoms. The van der Waals surface area contributed by atoms with Gasteiger partial charge in [-0.25, -0.2) is 4.79 Å². The molecule has 2 aromatic carbocycles. The van der Waals surface area contributed by atoms with Crippen molar-refractivity contribution in [3.05, 3.63) is 75.7 Å². The Bertz CT molecular complexity index is 1080. The molecule has 0 aliphatic carbocycles. The predicted octanol–water partition coefficient (Wildman–Crippen LogP) is 5.23. The minimum atomic E-state index is -1.02. The van der Waals surface area contributed by atoms with E-state index in [4.69, 9.17) is 0 Å². The first-order valence-corrected chi connectivity index (χ1v) is 12.1. The van der Waals surface area contributed by atoms with E-state index >= 15 is 0 Å². The molecule has 0 aliphatic rings. The van der Waals surface area contributed by atoms with Gasteiger partial charge in [-0.3, -0.25) is 9.78 Å². The van der Waals surface area contributed by atoms with Crippen molar-refractivity contribution >= 4 is 47.1 Å². The fourth-order valence-electron chi connectivity index (χ4n) is 3.18. The molecule has 7 heteroatoms. The summed E-state index contributed by atoms with van der Waals surface area (Å²) in [6, 6.07) is 12.5. The monoisotopic (exact) mass is 452 g/mol. The Morgan fingerprint density at radius 3 is 2.68 bits per heavy atom. The van der Waals surface area contributed by atoms with Crippen molar-refractivity contribution in [3.63, 3.8) is 0 Å². The fourth-order valence-corrected chi connectivity index (χ4v) is 4.16. The fraction of sp³-hybridized carbons (Fsp3) is 0.208. The van der Waals surface area contributed by atoms with Crippen molar-refractivity contribution in [2.75, 3.05) is 12.0 Å². The van der Waals surface area contributed by atoms with Crippen LogP contribution in [0.1, 0.15) is 32.8 Å². The zero-order chi connectivity index (χ0) is 22.2. The molecular weight excluding hydrogens is 428 g/mol. The lowest BCUT2D eigenvalue weighted by molar-refractivity contribution is -0.139. The Kier molecular flexibility index (Phi) is 8.03. The van der Waals surface area contributed by atoms with Gasteiger partial charge in [-0.05, 0) is 65.8 Å². The van der Waals surface area contributed by atoms with E-state index in [-0.39, 0.29) is 5.91 Å². The highest BCUT2D eigenvalue weighted by atomic mass is 32.2. The normalized spacial score (nSPS) is 12.1. The number of nitrogens with zero attached hydrogens (tertiary/aromatic N) is 1. The lowest BCUT2D eigenvalue weighted by Gasteiger charge is -2.17. The highest BCUT2D eigenvalue weighted by molar-refractivity contribution is 7.98. The van der Waals surface area contributed by atoms with Crippen molar-refractivity contribution in [3.8, 4) is 11.1 Å². The molecule has 0 fully saturated rings. The molecule has 3 aromatic rings. The number of aryl methyl sites for hydroxylation is 1. The highest BCUT2D eigenvalue weighted by Crippen LogP contribution is 2.29. The number of carbonyl (C=O) groups excluding carboxylic acids is 1. The number of amides is 1. The quantitative estimate of drug-likeness (QED) is 0.465. The molecule has 1 amide bonds. The average molecular weight is 453 g/mol. The molecule has 1 heterocycles. The van der Waals surface area contributed by atoms with Crippen LogP contribution in [-0.4, -0.2) is 40.0 Å². The van der Waals surface area contributed by atoms with Crippen molar-refractivity contribution in [1.82, 2.24) is 10.3 Å². The van der Waals surface area contributed by atoms with Crippen LogP contribution < -0.4 is 5.32 Å². The Morgan fingerprint density at radius 2 is 2.00 bits per heavy atom. The van der Waals surface area contributed by atoms with Gasteiger partial charge in [-0.15, -0.1) is 11.3 Å². The molecule has 31 heavy (non-hydrogen) atoms. The van der Waals surface area contributed by atoms with Crippen molar-refractivity contribution in [2.45, 2.75) is 19.4 Å². The van der Waals surface area contributed by atoms with E-state index < -0.39 is 12.0 Å². The number of hydrogen-bond acceptors (Lipinski definition) is 5. The van der Waals surface area contributed by atoms with Gasteiger partial charge in [-0.2, -0.15) is 11.8 Å². The van der Waals surface area contributed by atoms with Crippen molar-refractivity contribution in [2.24, 2.45) is 0 Å². The first kappa shape index (κ1) is 22.8. The van der Waals surface area contributed by atoms with Crippen LogP contribution in [0.5, 0.6) is 0 Å². The second kappa shape index (κ2) is 10.9. The van der Waals surface area contributed by atoms with E-state index in [2.05, 4.69) is 10.3 Å². The Hall–Kier alpha value is -2.90. The summed E-state index contributed by atoms with van der Waals surface area (Å²) in [7, 11) is 0. The number of thioether (sulfide) groups is 1. The zero-order valence-corrected chi connectivity index (χ0v) is 19.0. The van der Waals surface area contributed by atoms with Crippen LogP contribution in [0, 0.1) is 6.92 Å². The van der Waals surface area contributed by atoms with Crippen LogP contribution >= 0.6 is 23.1 Å². The molecule has 0 radical (unpaired) electrons. The summed E-state index contributed by atoms with van der Waals surface area (Å²) < 4.78 is 0. The summed E-state index contributed by atoms with van der Waals surface area (Å²) >= 11 is 3.10. The maximum absolute atomic E-state index is 13.1. The number of carbonyl (C=O) groups is 2. The van der Waals surface area contributed by atoms with E-state index in [1.54, 1.807) is 40.9 Å². The number of carboxylic acid groups (broad SMARTS) is 1. The molecule has 5 nitrogen and oxygen atoms in total. The number of nitrogens with one attached hydrogen (secondary N) is 1. The van der Waals surface area contributed by atoms with Gasteiger partial charge >= 0.3 is 5.97 Å². The topological polar surface area (TPSA) is 79.3 Å². The minimum absolute atomic E-state index is 0.373. The van der Waals surface area contributed by atoms with Gasteiger partial charge < -0.3 is 10.4 Å². The van der Waals surface area contributed by atoms with E-state index in [1.165, 1.54) is 0 Å². The van der Waals surface area contributed by atoms with Crippen LogP contribution in [0.3, 0.4) is 0 Å². The van der Waals surface area contributed by atoms with E-state index in [0.29, 0.717) is 17.7 Å². The lowest BCUT2D eigenvalue weighted by Crippen LogP contribution is -2.41. The number of carboxylic acids is 1. The predicted molar refractivity (Wildman–Crippen MR) is 130 cm³/mol. The van der Waals surface area contributed by atoms with Gasteiger partial charge in [0, 0.05) is 16.6 Å². The first-order valence-electron chi connectivity index (χ1n) is 9.79. The van der Waals surface area contributed by atoms with E-state index in [1.807, 2.05) is 61.7 Å². The molecule has 0 unspecified atom stereocenters.